The van der Waals surface area contributed by atoms with E-state index < -0.39 is 13.7 Å². The predicted octanol–water partition coefficient (Wildman–Crippen LogP) is -4.53. The summed E-state index contributed by atoms with van der Waals surface area (Å²) in [5, 5.41) is 9.21. The first-order valence-corrected chi connectivity index (χ1v) is 7.82. The Labute approximate surface area is 153 Å². The van der Waals surface area contributed by atoms with Crippen molar-refractivity contribution < 1.29 is 53.5 Å². The SMILES string of the molecule is Nc1nc(N)c2ncn(CCC(CO)COP(=O)([O-])O)c2n1.[Na+]. The number of rotatable bonds is 7. The topological polar surface area (TPSA) is 185 Å². The van der Waals surface area contributed by atoms with Gasteiger partial charge in [-0.3, -0.25) is 4.57 Å². The van der Waals surface area contributed by atoms with Crippen molar-refractivity contribution in [1.82, 2.24) is 19.5 Å². The molecule has 2 aromatic heterocycles. The Kier molecular flexibility index (Phi) is 7.36. The van der Waals surface area contributed by atoms with Crippen LogP contribution in [0.25, 0.3) is 11.2 Å². The smallest absolute Gasteiger partial charge is 0.756 e. The molecule has 0 aliphatic carbocycles. The second-order valence-corrected chi connectivity index (χ2v) is 5.87. The van der Waals surface area contributed by atoms with Crippen LogP contribution >= 0.6 is 7.82 Å². The molecule has 2 atom stereocenters. The van der Waals surface area contributed by atoms with Crippen LogP contribution in [0.1, 0.15) is 6.42 Å². The van der Waals surface area contributed by atoms with E-state index in [9.17, 15) is 14.6 Å². The third-order valence-corrected chi connectivity index (χ3v) is 3.49. The number of nitrogens with zero attached hydrogens (tertiary/aromatic N) is 4. The molecule has 2 aromatic rings. The van der Waals surface area contributed by atoms with Crippen molar-refractivity contribution in [2.24, 2.45) is 5.92 Å². The zero-order valence-electron chi connectivity index (χ0n) is 12.5. The van der Waals surface area contributed by atoms with Crippen LogP contribution in [0, 0.1) is 5.92 Å². The van der Waals surface area contributed by atoms with E-state index in [4.69, 9.17) is 16.4 Å². The monoisotopic (exact) mass is 354 g/mol. The number of hydrogen-bond donors (Lipinski definition) is 4. The Hall–Kier alpha value is -0.780. The van der Waals surface area contributed by atoms with Crippen LogP contribution in [-0.2, 0) is 15.6 Å². The van der Waals surface area contributed by atoms with Gasteiger partial charge >= 0.3 is 29.6 Å². The molecule has 2 rings (SSSR count). The minimum atomic E-state index is -4.80. The number of imidazole rings is 1. The summed E-state index contributed by atoms with van der Waals surface area (Å²) in [6.45, 7) is -0.249. The van der Waals surface area contributed by atoms with Crippen molar-refractivity contribution >= 4 is 30.8 Å². The summed E-state index contributed by atoms with van der Waals surface area (Å²) in [6, 6.07) is 0. The van der Waals surface area contributed by atoms with Gasteiger partial charge in [0, 0.05) is 19.1 Å². The predicted molar refractivity (Wildman–Crippen MR) is 75.1 cm³/mol. The molecule has 0 fully saturated rings. The number of phosphoric acid groups is 1. The first-order chi connectivity index (χ1) is 10.3. The molecule has 0 aliphatic heterocycles. The van der Waals surface area contributed by atoms with Gasteiger partial charge in [-0.1, -0.05) is 0 Å². The third kappa shape index (κ3) is 5.66. The standard InChI is InChI=1S/C10H17N6O5P.Na/c11-8-7-9(15-10(12)14-8)16(5-13-7)2-1-6(3-17)4-21-22(18,19)20;/h5-6,17H,1-4H2,(H2,18,19,20)(H4,11,12,14,15);/q;+1/p-1. The molecule has 11 nitrogen and oxygen atoms in total. The van der Waals surface area contributed by atoms with E-state index in [0.717, 1.165) is 0 Å². The Bertz CT molecular complexity index is 706. The number of aliphatic hydroxyl groups excluding tert-OH is 1. The van der Waals surface area contributed by atoms with E-state index in [1.54, 1.807) is 4.57 Å². The van der Waals surface area contributed by atoms with E-state index in [-0.39, 0.29) is 54.5 Å². The molecule has 13 heteroatoms. The van der Waals surface area contributed by atoms with Gasteiger partial charge in [-0.15, -0.1) is 0 Å². The van der Waals surface area contributed by atoms with Crippen molar-refractivity contribution in [2.75, 3.05) is 24.7 Å². The molecular formula is C10H16N6NaO5P. The Morgan fingerprint density at radius 2 is 2.13 bits per heavy atom. The molecule has 0 amide bonds. The van der Waals surface area contributed by atoms with Gasteiger partial charge in [0.1, 0.15) is 5.52 Å². The number of aryl methyl sites for hydroxylation is 1. The maximum absolute atomic E-state index is 10.6. The van der Waals surface area contributed by atoms with Gasteiger partial charge < -0.3 is 35.5 Å². The van der Waals surface area contributed by atoms with Gasteiger partial charge in [-0.25, -0.2) is 4.98 Å². The average Bonchev–Trinajstić information content (AvgIpc) is 2.81. The van der Waals surface area contributed by atoms with Gasteiger partial charge in [0.15, 0.2) is 11.5 Å². The van der Waals surface area contributed by atoms with Gasteiger partial charge in [-0.05, 0) is 6.42 Å². The first-order valence-electron chi connectivity index (χ1n) is 6.33. The molecule has 0 bridgehead atoms. The van der Waals surface area contributed by atoms with Crippen LogP contribution in [-0.4, -0.2) is 42.7 Å². The Balaban J connectivity index is 0.00000264. The number of anilines is 2. The maximum atomic E-state index is 10.6. The van der Waals surface area contributed by atoms with Crippen molar-refractivity contribution in [3.8, 4) is 0 Å². The summed E-state index contributed by atoms with van der Waals surface area (Å²) < 4.78 is 16.5. The van der Waals surface area contributed by atoms with Crippen molar-refractivity contribution in [3.63, 3.8) is 0 Å². The minimum absolute atomic E-state index is 0. The summed E-state index contributed by atoms with van der Waals surface area (Å²) in [5.74, 6) is -0.305. The molecular weight excluding hydrogens is 338 g/mol. The van der Waals surface area contributed by atoms with Crippen LogP contribution in [0.15, 0.2) is 6.33 Å². The number of nitrogen functional groups attached to an aromatic ring is 2. The molecule has 0 aromatic carbocycles. The van der Waals surface area contributed by atoms with E-state index in [2.05, 4.69) is 19.5 Å². The normalized spacial score (nSPS) is 15.1. The molecule has 0 aliphatic rings. The Morgan fingerprint density at radius 1 is 1.43 bits per heavy atom. The summed E-state index contributed by atoms with van der Waals surface area (Å²) in [5.41, 5.74) is 12.1. The minimum Gasteiger partial charge on any atom is -0.756 e. The molecule has 6 N–H and O–H groups in total. The Morgan fingerprint density at radius 3 is 2.74 bits per heavy atom. The van der Waals surface area contributed by atoms with Gasteiger partial charge in [0.2, 0.25) is 5.95 Å². The third-order valence-electron chi connectivity index (χ3n) is 3.02. The molecule has 0 radical (unpaired) electrons. The summed E-state index contributed by atoms with van der Waals surface area (Å²) in [4.78, 5) is 31.0. The zero-order chi connectivity index (χ0) is 16.3. The molecule has 0 saturated carbocycles. The molecule has 2 heterocycles. The van der Waals surface area contributed by atoms with Gasteiger partial charge in [-0.2, -0.15) is 9.97 Å². The molecule has 0 spiro atoms. The van der Waals surface area contributed by atoms with E-state index in [1.807, 2.05) is 0 Å². The van der Waals surface area contributed by atoms with E-state index >= 15 is 0 Å². The second kappa shape index (κ2) is 8.36. The maximum Gasteiger partial charge on any atom is 1.00 e. The van der Waals surface area contributed by atoms with E-state index in [0.29, 0.717) is 24.1 Å². The zero-order valence-corrected chi connectivity index (χ0v) is 15.4. The van der Waals surface area contributed by atoms with Gasteiger partial charge in [0.05, 0.1) is 12.9 Å². The van der Waals surface area contributed by atoms with Crippen molar-refractivity contribution in [3.05, 3.63) is 6.33 Å². The molecule has 23 heavy (non-hydrogen) atoms. The fourth-order valence-corrected chi connectivity index (χ4v) is 2.30. The van der Waals surface area contributed by atoms with E-state index in [1.165, 1.54) is 6.33 Å². The van der Waals surface area contributed by atoms with Crippen LogP contribution in [0.3, 0.4) is 0 Å². The largest absolute Gasteiger partial charge is 1.00 e. The fourth-order valence-electron chi connectivity index (χ4n) is 1.90. The molecule has 0 saturated heterocycles. The number of phosphoric ester groups is 1. The second-order valence-electron chi connectivity index (χ2n) is 4.68. The number of aliphatic hydroxyl groups is 1. The van der Waals surface area contributed by atoms with Crippen LogP contribution in [0.2, 0.25) is 0 Å². The quantitative estimate of drug-likeness (QED) is 0.279. The number of fused-ring (bicyclic) bond motifs is 1. The summed E-state index contributed by atoms with van der Waals surface area (Å²) in [7, 11) is -4.80. The molecule has 2 unspecified atom stereocenters. The summed E-state index contributed by atoms with van der Waals surface area (Å²) >= 11 is 0. The van der Waals surface area contributed by atoms with Crippen LogP contribution in [0.4, 0.5) is 11.8 Å². The van der Waals surface area contributed by atoms with Crippen molar-refractivity contribution in [2.45, 2.75) is 13.0 Å². The van der Waals surface area contributed by atoms with Crippen molar-refractivity contribution in [1.29, 1.82) is 0 Å². The average molecular weight is 354 g/mol. The van der Waals surface area contributed by atoms with Crippen LogP contribution in [0.5, 0.6) is 0 Å². The number of aromatic nitrogens is 4. The fraction of sp³-hybridized carbons (Fsp3) is 0.500. The number of hydrogen-bond acceptors (Lipinski definition) is 9. The molecule has 122 valence electrons. The van der Waals surface area contributed by atoms with Gasteiger partial charge in [0.25, 0.3) is 7.82 Å². The van der Waals surface area contributed by atoms with Crippen LogP contribution < -0.4 is 45.9 Å². The number of nitrogens with two attached hydrogens (primary N) is 2. The summed E-state index contributed by atoms with van der Waals surface area (Å²) in [6.07, 6.45) is 1.86. The first kappa shape index (κ1) is 20.3.